The Balaban J connectivity index is 0.000000208. The lowest BCUT2D eigenvalue weighted by Crippen LogP contribution is -2.60. The van der Waals surface area contributed by atoms with Gasteiger partial charge in [0.2, 0.25) is 5.91 Å². The number of methoxy groups -OCH3 is 1. The number of hydrogen-bond donors (Lipinski definition) is 1. The van der Waals surface area contributed by atoms with Crippen LogP contribution in [0.1, 0.15) is 74.5 Å². The molecule has 1 aromatic heterocycles. The molecule has 0 spiro atoms. The first-order valence-corrected chi connectivity index (χ1v) is 20.5. The van der Waals surface area contributed by atoms with Gasteiger partial charge in [0.25, 0.3) is 0 Å². The minimum atomic E-state index is -0.550. The fourth-order valence-electron chi connectivity index (χ4n) is 7.98. The van der Waals surface area contributed by atoms with Gasteiger partial charge in [0.05, 0.1) is 30.3 Å². The van der Waals surface area contributed by atoms with Crippen LogP contribution >= 0.6 is 11.3 Å². The molecule has 0 radical (unpaired) electrons. The van der Waals surface area contributed by atoms with Gasteiger partial charge in [-0.05, 0) is 93.2 Å². The SMILES string of the molecule is CCC(=O)N(c1ccccc1)C1(COC)CCN(CCc2cccs2)CC1.CCOC(=O)C1(c2ccccc2)CCN(CCC(O)c2ccccc2)CC1. The minimum absolute atomic E-state index is 0.111. The molecule has 8 nitrogen and oxygen atoms in total. The lowest BCUT2D eigenvalue weighted by molar-refractivity contribution is -0.152. The molecule has 1 amide bonds. The summed E-state index contributed by atoms with van der Waals surface area (Å²) < 4.78 is 11.1. The normalized spacial score (nSPS) is 17.5. The zero-order chi connectivity index (χ0) is 38.2. The van der Waals surface area contributed by atoms with Crippen molar-refractivity contribution in [1.82, 2.24) is 9.80 Å². The van der Waals surface area contributed by atoms with E-state index in [-0.39, 0.29) is 17.4 Å². The van der Waals surface area contributed by atoms with Crippen molar-refractivity contribution < 1.29 is 24.2 Å². The zero-order valence-electron chi connectivity index (χ0n) is 32.4. The Morgan fingerprint density at radius 3 is 1.96 bits per heavy atom. The Labute approximate surface area is 326 Å². The first kappa shape index (κ1) is 41.3. The van der Waals surface area contributed by atoms with E-state index >= 15 is 0 Å². The Bertz CT molecular complexity index is 1660. The molecule has 1 unspecified atom stereocenters. The van der Waals surface area contributed by atoms with Gasteiger partial charge in [-0.2, -0.15) is 0 Å². The molecule has 2 aliphatic rings. The minimum Gasteiger partial charge on any atom is -0.465 e. The molecule has 3 aromatic carbocycles. The molecule has 6 rings (SSSR count). The maximum Gasteiger partial charge on any atom is 0.316 e. The van der Waals surface area contributed by atoms with Crippen molar-refractivity contribution >= 4 is 28.9 Å². The van der Waals surface area contributed by atoms with Crippen LogP contribution < -0.4 is 4.90 Å². The number of thiophene rings is 1. The fourth-order valence-corrected chi connectivity index (χ4v) is 8.68. The number of hydrogen-bond acceptors (Lipinski definition) is 8. The highest BCUT2D eigenvalue weighted by Crippen LogP contribution is 2.38. The summed E-state index contributed by atoms with van der Waals surface area (Å²) in [6, 6.07) is 34.2. The molecule has 9 heteroatoms. The predicted octanol–water partition coefficient (Wildman–Crippen LogP) is 7.92. The predicted molar refractivity (Wildman–Crippen MR) is 219 cm³/mol. The third-order valence-corrected chi connectivity index (χ3v) is 12.0. The van der Waals surface area contributed by atoms with Crippen LogP contribution in [-0.2, 0) is 30.9 Å². The van der Waals surface area contributed by atoms with Crippen molar-refractivity contribution in [1.29, 1.82) is 0 Å². The van der Waals surface area contributed by atoms with Crippen molar-refractivity contribution in [3.8, 4) is 0 Å². The van der Waals surface area contributed by atoms with Crippen molar-refractivity contribution in [2.24, 2.45) is 0 Å². The summed E-state index contributed by atoms with van der Waals surface area (Å²) in [7, 11) is 1.74. The quantitative estimate of drug-likeness (QED) is 0.124. The van der Waals surface area contributed by atoms with Gasteiger partial charge in [0.15, 0.2) is 0 Å². The number of amides is 1. The van der Waals surface area contributed by atoms with Crippen LogP contribution in [0.5, 0.6) is 0 Å². The number of esters is 1. The number of piperidine rings is 2. The van der Waals surface area contributed by atoms with Crippen molar-refractivity contribution in [3.63, 3.8) is 0 Å². The monoisotopic (exact) mass is 753 g/mol. The van der Waals surface area contributed by atoms with Crippen LogP contribution in [-0.4, -0.2) is 91.9 Å². The number of nitrogens with zero attached hydrogens (tertiary/aromatic N) is 3. The van der Waals surface area contributed by atoms with Gasteiger partial charge in [-0.15, -0.1) is 11.3 Å². The van der Waals surface area contributed by atoms with Crippen LogP contribution in [0.4, 0.5) is 5.69 Å². The average Bonchev–Trinajstić information content (AvgIpc) is 3.75. The number of rotatable bonds is 15. The maximum absolute atomic E-state index is 12.9. The number of anilines is 1. The molecule has 54 heavy (non-hydrogen) atoms. The lowest BCUT2D eigenvalue weighted by atomic mass is 9.72. The van der Waals surface area contributed by atoms with Gasteiger partial charge in [0.1, 0.15) is 0 Å². The number of para-hydroxylation sites is 1. The summed E-state index contributed by atoms with van der Waals surface area (Å²) in [5.41, 5.74) is 2.18. The van der Waals surface area contributed by atoms with Crippen LogP contribution in [0.15, 0.2) is 109 Å². The van der Waals surface area contributed by atoms with Crippen LogP contribution in [0, 0.1) is 0 Å². The van der Waals surface area contributed by atoms with Crippen molar-refractivity contribution in [2.75, 3.05) is 64.5 Å². The molecule has 290 valence electrons. The number of carbonyl (C=O) groups is 2. The van der Waals surface area contributed by atoms with Gasteiger partial charge in [0, 0.05) is 50.3 Å². The third kappa shape index (κ3) is 10.7. The average molecular weight is 754 g/mol. The van der Waals surface area contributed by atoms with E-state index in [0.29, 0.717) is 26.1 Å². The molecule has 2 fully saturated rings. The molecule has 1 atom stereocenters. The smallest absolute Gasteiger partial charge is 0.316 e. The first-order valence-electron chi connectivity index (χ1n) is 19.6. The standard InChI is InChI=1S/C23H29NO3.C22H30N2O2S/c1-2-27-22(26)23(20-11-7-4-8-12-20)14-17-24(18-15-23)16-13-21(25)19-9-5-3-6-10-19;1-3-21(25)24(19-8-5-4-6-9-19)22(18-26-2)12-15-23(16-13-22)14-11-20-10-7-17-27-20/h3-12,21,25H,2,13-18H2,1H3;4-10,17H,3,11-16,18H2,1-2H3. The molecule has 0 saturated carbocycles. The van der Waals surface area contributed by atoms with Gasteiger partial charge in [-0.1, -0.05) is 91.9 Å². The van der Waals surface area contributed by atoms with E-state index in [9.17, 15) is 14.7 Å². The lowest BCUT2D eigenvalue weighted by Gasteiger charge is -2.48. The van der Waals surface area contributed by atoms with E-state index in [2.05, 4.69) is 27.3 Å². The second-order valence-electron chi connectivity index (χ2n) is 14.5. The van der Waals surface area contributed by atoms with E-state index in [4.69, 9.17) is 9.47 Å². The molecule has 3 heterocycles. The summed E-state index contributed by atoms with van der Waals surface area (Å²) in [5.74, 6) is 0.0606. The highest BCUT2D eigenvalue weighted by molar-refractivity contribution is 7.09. The Kier molecular flexibility index (Phi) is 15.8. The highest BCUT2D eigenvalue weighted by Gasteiger charge is 2.44. The van der Waals surface area contributed by atoms with Crippen LogP contribution in [0.2, 0.25) is 0 Å². The van der Waals surface area contributed by atoms with E-state index in [0.717, 1.165) is 88.2 Å². The van der Waals surface area contributed by atoms with Gasteiger partial charge >= 0.3 is 5.97 Å². The second kappa shape index (κ2) is 20.7. The number of likely N-dealkylation sites (tertiary alicyclic amines) is 2. The molecule has 0 aliphatic carbocycles. The second-order valence-corrected chi connectivity index (χ2v) is 15.5. The largest absolute Gasteiger partial charge is 0.465 e. The number of aliphatic hydroxyl groups excluding tert-OH is 1. The molecule has 0 bridgehead atoms. The zero-order valence-corrected chi connectivity index (χ0v) is 33.2. The van der Waals surface area contributed by atoms with E-state index in [1.807, 2.05) is 121 Å². The van der Waals surface area contributed by atoms with Crippen LogP contribution in [0.3, 0.4) is 0 Å². The fraction of sp³-hybridized carbons (Fsp3) is 0.467. The summed E-state index contributed by atoms with van der Waals surface area (Å²) in [5, 5.41) is 12.5. The van der Waals surface area contributed by atoms with Gasteiger partial charge in [-0.25, -0.2) is 0 Å². The molecule has 1 N–H and O–H groups in total. The first-order chi connectivity index (χ1) is 26.3. The molecular formula is C45H59N3O5S. The van der Waals surface area contributed by atoms with E-state index in [1.54, 1.807) is 7.11 Å². The summed E-state index contributed by atoms with van der Waals surface area (Å²) in [6.45, 7) is 10.3. The summed E-state index contributed by atoms with van der Waals surface area (Å²) >= 11 is 1.83. The van der Waals surface area contributed by atoms with Gasteiger partial charge < -0.3 is 29.3 Å². The molecule has 4 aromatic rings. The number of carbonyl (C=O) groups excluding carboxylic acids is 2. The Hall–Kier alpha value is -3.86. The van der Waals surface area contributed by atoms with Crippen molar-refractivity contribution in [2.45, 2.75) is 75.9 Å². The maximum atomic E-state index is 12.9. The van der Waals surface area contributed by atoms with Gasteiger partial charge in [-0.3, -0.25) is 9.59 Å². The summed E-state index contributed by atoms with van der Waals surface area (Å²) in [6.07, 6.45) is 5.22. The Morgan fingerprint density at radius 1 is 0.796 bits per heavy atom. The highest BCUT2D eigenvalue weighted by atomic mass is 32.1. The molecule has 2 saturated heterocycles. The molecular weight excluding hydrogens is 695 g/mol. The van der Waals surface area contributed by atoms with Crippen molar-refractivity contribution in [3.05, 3.63) is 125 Å². The topological polar surface area (TPSA) is 82.6 Å². The summed E-state index contributed by atoms with van der Waals surface area (Å²) in [4.78, 5) is 34.0. The van der Waals surface area contributed by atoms with E-state index < -0.39 is 11.5 Å². The number of ether oxygens (including phenoxy) is 2. The van der Waals surface area contributed by atoms with E-state index in [1.165, 1.54) is 4.88 Å². The molecule has 2 aliphatic heterocycles. The third-order valence-electron chi connectivity index (χ3n) is 11.1. The van der Waals surface area contributed by atoms with Crippen LogP contribution in [0.25, 0.3) is 0 Å². The number of aliphatic hydroxyl groups is 1. The Morgan fingerprint density at radius 2 is 1.39 bits per heavy atom. The number of benzene rings is 3.